The Kier molecular flexibility index (Phi) is 5.95. The van der Waals surface area contributed by atoms with Crippen molar-refractivity contribution < 1.29 is 24.2 Å². The number of carboxylic acid groups (broad SMARTS) is 1. The molecule has 4 rings (SSSR count). The van der Waals surface area contributed by atoms with Gasteiger partial charge in [-0.3, -0.25) is 4.79 Å². The van der Waals surface area contributed by atoms with Gasteiger partial charge in [0, 0.05) is 28.3 Å². The lowest BCUT2D eigenvalue weighted by Crippen LogP contribution is -2.23. The zero-order valence-corrected chi connectivity index (χ0v) is 18.1. The van der Waals surface area contributed by atoms with Gasteiger partial charge in [0.25, 0.3) is 0 Å². The second kappa shape index (κ2) is 8.81. The minimum atomic E-state index is -1.02. The molecule has 0 saturated carbocycles. The molecule has 3 aromatic rings. The van der Waals surface area contributed by atoms with E-state index in [9.17, 15) is 14.7 Å². The number of nitrogens with one attached hydrogen (secondary N) is 1. The molecule has 2 N–H and O–H groups in total. The highest BCUT2D eigenvalue weighted by Crippen LogP contribution is 2.50. The van der Waals surface area contributed by atoms with Crippen LogP contribution in [0.3, 0.4) is 0 Å². The first-order valence-corrected chi connectivity index (χ1v) is 10.9. The first-order chi connectivity index (χ1) is 15.0. The normalized spacial score (nSPS) is 15.2. The van der Waals surface area contributed by atoms with Gasteiger partial charge in [-0.05, 0) is 30.2 Å². The van der Waals surface area contributed by atoms with Crippen LogP contribution in [-0.2, 0) is 4.79 Å². The third kappa shape index (κ3) is 4.01. The Balaban J connectivity index is 1.87. The van der Waals surface area contributed by atoms with E-state index in [0.29, 0.717) is 29.2 Å². The Labute approximate surface area is 184 Å². The van der Waals surface area contributed by atoms with Gasteiger partial charge in [-0.15, -0.1) is 11.3 Å². The van der Waals surface area contributed by atoms with Crippen molar-refractivity contribution in [1.29, 1.82) is 0 Å². The summed E-state index contributed by atoms with van der Waals surface area (Å²) in [6, 6.07) is 14.8. The number of thiophene rings is 1. The predicted octanol–water partition coefficient (Wildman–Crippen LogP) is 5.38. The summed E-state index contributed by atoms with van der Waals surface area (Å²) < 4.78 is 11.1. The summed E-state index contributed by atoms with van der Waals surface area (Å²) in [5.74, 6) is -0.0344. The molecule has 1 aliphatic rings. The van der Waals surface area contributed by atoms with E-state index < -0.39 is 5.97 Å². The molecule has 6 nitrogen and oxygen atoms in total. The Hall–Kier alpha value is -3.32. The monoisotopic (exact) mass is 437 g/mol. The maximum absolute atomic E-state index is 12.7. The van der Waals surface area contributed by atoms with E-state index >= 15 is 0 Å². The smallest absolute Gasteiger partial charge is 0.346 e. The third-order valence-corrected chi connectivity index (χ3v) is 6.53. The molecule has 1 aromatic heterocycles. The minimum absolute atomic E-state index is 0.146. The summed E-state index contributed by atoms with van der Waals surface area (Å²) in [6.45, 7) is 2.61. The number of aromatic carboxylic acids is 1. The highest BCUT2D eigenvalue weighted by Gasteiger charge is 2.35. The molecular formula is C24H23NO5S. The summed E-state index contributed by atoms with van der Waals surface area (Å²) in [6.07, 6.45) is 1.11. The number of carbonyl (C=O) groups is 2. The average molecular weight is 438 g/mol. The lowest BCUT2D eigenvalue weighted by Gasteiger charge is -2.25. The van der Waals surface area contributed by atoms with Crippen molar-refractivity contribution in [3.05, 3.63) is 63.8 Å². The fraction of sp³-hybridized carbons (Fsp3) is 0.250. The number of carbonyl (C=O) groups excluding carboxylic acids is 1. The molecule has 0 aliphatic carbocycles. The maximum atomic E-state index is 12.7. The van der Waals surface area contributed by atoms with Gasteiger partial charge in [-0.25, -0.2) is 4.79 Å². The summed E-state index contributed by atoms with van der Waals surface area (Å²) in [4.78, 5) is 25.8. The van der Waals surface area contributed by atoms with Gasteiger partial charge in [0.15, 0.2) is 0 Å². The van der Waals surface area contributed by atoms with E-state index in [1.165, 1.54) is 11.3 Å². The number of benzene rings is 2. The van der Waals surface area contributed by atoms with Crippen LogP contribution in [0.1, 0.15) is 45.8 Å². The Morgan fingerprint density at radius 1 is 1.19 bits per heavy atom. The molecule has 0 spiro atoms. The average Bonchev–Trinajstić information content (AvgIpc) is 3.17. The number of methoxy groups -OCH3 is 1. The Morgan fingerprint density at radius 3 is 2.61 bits per heavy atom. The van der Waals surface area contributed by atoms with Crippen LogP contribution in [0.5, 0.6) is 11.5 Å². The van der Waals surface area contributed by atoms with E-state index in [2.05, 4.69) is 5.32 Å². The summed E-state index contributed by atoms with van der Waals surface area (Å²) in [7, 11) is 1.58. The Bertz CT molecular complexity index is 1120. The van der Waals surface area contributed by atoms with Crippen LogP contribution in [0.25, 0.3) is 11.1 Å². The molecule has 0 radical (unpaired) electrons. The zero-order valence-electron chi connectivity index (χ0n) is 17.3. The van der Waals surface area contributed by atoms with Crippen molar-refractivity contribution in [3.8, 4) is 22.6 Å². The first-order valence-electron chi connectivity index (χ1n) is 10.1. The lowest BCUT2D eigenvalue weighted by molar-refractivity contribution is -0.116. The zero-order chi connectivity index (χ0) is 22.0. The highest BCUT2D eigenvalue weighted by molar-refractivity contribution is 7.15. The molecule has 0 bridgehead atoms. The SMILES string of the molecule is CCCOc1ccccc1[C@H]1CC(=O)Nc2c1sc(C(=O)O)c2-c1ccc(OC)cc1. The van der Waals surface area contributed by atoms with Gasteiger partial charge in [0.2, 0.25) is 5.91 Å². The molecule has 2 heterocycles. The van der Waals surface area contributed by atoms with E-state index in [1.807, 2.05) is 43.3 Å². The molecule has 0 fully saturated rings. The first kappa shape index (κ1) is 20.9. The summed E-state index contributed by atoms with van der Waals surface area (Å²) in [5, 5.41) is 12.8. The van der Waals surface area contributed by atoms with Crippen LogP contribution in [0.2, 0.25) is 0 Å². The number of amides is 1. The van der Waals surface area contributed by atoms with Gasteiger partial charge in [-0.2, -0.15) is 0 Å². The Morgan fingerprint density at radius 2 is 1.94 bits per heavy atom. The van der Waals surface area contributed by atoms with Crippen molar-refractivity contribution in [2.75, 3.05) is 19.0 Å². The standard InChI is InChI=1S/C24H23NO5S/c1-3-12-30-18-7-5-4-6-16(18)17-13-19(26)25-21-20(23(24(27)28)31-22(17)21)14-8-10-15(29-2)11-9-14/h4-11,17H,3,12-13H2,1-2H3,(H,25,26)(H,27,28)/t17-/m1/s1. The van der Waals surface area contributed by atoms with E-state index in [4.69, 9.17) is 9.47 Å². The minimum Gasteiger partial charge on any atom is -0.497 e. The second-order valence-electron chi connectivity index (χ2n) is 7.27. The number of carboxylic acids is 1. The number of anilines is 1. The van der Waals surface area contributed by atoms with Crippen LogP contribution in [0, 0.1) is 0 Å². The van der Waals surface area contributed by atoms with Crippen molar-refractivity contribution >= 4 is 28.9 Å². The molecule has 0 unspecified atom stereocenters. The van der Waals surface area contributed by atoms with E-state index in [0.717, 1.165) is 22.6 Å². The highest BCUT2D eigenvalue weighted by atomic mass is 32.1. The van der Waals surface area contributed by atoms with Crippen LogP contribution < -0.4 is 14.8 Å². The second-order valence-corrected chi connectivity index (χ2v) is 8.32. The third-order valence-electron chi connectivity index (χ3n) is 5.23. The molecule has 1 atom stereocenters. The largest absolute Gasteiger partial charge is 0.497 e. The molecule has 1 amide bonds. The molecule has 1 aliphatic heterocycles. The number of hydrogen-bond acceptors (Lipinski definition) is 5. The van der Waals surface area contributed by atoms with Gasteiger partial charge in [0.05, 0.1) is 19.4 Å². The van der Waals surface area contributed by atoms with E-state index in [-0.39, 0.29) is 23.1 Å². The summed E-state index contributed by atoms with van der Waals surface area (Å²) in [5.41, 5.74) is 2.71. The molecule has 2 aromatic carbocycles. The van der Waals surface area contributed by atoms with Crippen molar-refractivity contribution in [2.24, 2.45) is 0 Å². The van der Waals surface area contributed by atoms with Crippen LogP contribution >= 0.6 is 11.3 Å². The lowest BCUT2D eigenvalue weighted by atomic mass is 9.88. The van der Waals surface area contributed by atoms with E-state index in [1.54, 1.807) is 19.2 Å². The van der Waals surface area contributed by atoms with Crippen LogP contribution in [-0.4, -0.2) is 30.7 Å². The van der Waals surface area contributed by atoms with Crippen LogP contribution in [0.15, 0.2) is 48.5 Å². The number of rotatable bonds is 7. The number of para-hydroxylation sites is 1. The molecule has 0 saturated heterocycles. The molecule has 160 valence electrons. The molecule has 7 heteroatoms. The fourth-order valence-corrected chi connectivity index (χ4v) is 5.07. The van der Waals surface area contributed by atoms with Gasteiger partial charge in [-0.1, -0.05) is 37.3 Å². The predicted molar refractivity (Wildman–Crippen MR) is 121 cm³/mol. The van der Waals surface area contributed by atoms with Gasteiger partial charge >= 0.3 is 5.97 Å². The number of ether oxygens (including phenoxy) is 2. The summed E-state index contributed by atoms with van der Waals surface area (Å²) >= 11 is 1.21. The molecule has 31 heavy (non-hydrogen) atoms. The van der Waals surface area contributed by atoms with Crippen molar-refractivity contribution in [2.45, 2.75) is 25.7 Å². The number of hydrogen-bond donors (Lipinski definition) is 2. The van der Waals surface area contributed by atoms with Gasteiger partial charge in [0.1, 0.15) is 16.4 Å². The topological polar surface area (TPSA) is 84.9 Å². The van der Waals surface area contributed by atoms with Crippen molar-refractivity contribution in [3.63, 3.8) is 0 Å². The number of fused-ring (bicyclic) bond motifs is 1. The van der Waals surface area contributed by atoms with Crippen LogP contribution in [0.4, 0.5) is 5.69 Å². The molecular weight excluding hydrogens is 414 g/mol. The van der Waals surface area contributed by atoms with Gasteiger partial charge < -0.3 is 19.9 Å². The quantitative estimate of drug-likeness (QED) is 0.518. The fourth-order valence-electron chi connectivity index (χ4n) is 3.83. The maximum Gasteiger partial charge on any atom is 0.346 e. The van der Waals surface area contributed by atoms with Crippen molar-refractivity contribution in [1.82, 2.24) is 0 Å².